The van der Waals surface area contributed by atoms with Crippen molar-refractivity contribution in [2.24, 2.45) is 34.3 Å². The van der Waals surface area contributed by atoms with E-state index in [-0.39, 0.29) is 17.1 Å². The molecular formula is C31H48N2O3. The van der Waals surface area contributed by atoms with Crippen LogP contribution < -0.4 is 5.73 Å². The van der Waals surface area contributed by atoms with Gasteiger partial charge in [0.25, 0.3) is 0 Å². The zero-order valence-corrected chi connectivity index (χ0v) is 22.7. The largest absolute Gasteiger partial charge is 0.472 e. The van der Waals surface area contributed by atoms with Gasteiger partial charge in [0, 0.05) is 24.1 Å². The number of likely N-dealkylation sites (tertiary alicyclic amines) is 1. The summed E-state index contributed by atoms with van der Waals surface area (Å²) in [6, 6.07) is 2.20. The minimum atomic E-state index is -0.208. The molecule has 4 fully saturated rings. The van der Waals surface area contributed by atoms with Crippen LogP contribution in [0, 0.1) is 28.6 Å². The van der Waals surface area contributed by atoms with Crippen LogP contribution in [0.15, 0.2) is 34.7 Å². The molecule has 1 aromatic rings. The second-order valence-corrected chi connectivity index (χ2v) is 13.0. The first kappa shape index (κ1) is 25.2. The standard InChI is InChI=1S/C31H48N2O3/c1-29-11-7-25(35-19-14-32)21-23(29)5-6-26-27(29)8-12-30(2)28(26)9-13-31(30,24-10-18-34-22-24)36-20-17-33-15-3-4-16-33/h10,18,21-22,25-28H,3-9,11-17,19-20,32H2,1-2H3/t25-,26+,27-,28-,29-,30-,31+/m0/s1. The summed E-state index contributed by atoms with van der Waals surface area (Å²) >= 11 is 0. The number of ether oxygens (including phenoxy) is 2. The quantitative estimate of drug-likeness (QED) is 0.455. The van der Waals surface area contributed by atoms with Gasteiger partial charge in [0.15, 0.2) is 0 Å². The van der Waals surface area contributed by atoms with Crippen molar-refractivity contribution in [1.82, 2.24) is 4.90 Å². The predicted octanol–water partition coefficient (Wildman–Crippen LogP) is 5.89. The fraction of sp³-hybridized carbons (Fsp3) is 0.806. The Kier molecular flexibility index (Phi) is 6.90. The van der Waals surface area contributed by atoms with Gasteiger partial charge in [0.2, 0.25) is 0 Å². The lowest BCUT2D eigenvalue weighted by Crippen LogP contribution is -2.54. The van der Waals surface area contributed by atoms with Crippen LogP contribution in [0.25, 0.3) is 0 Å². The van der Waals surface area contributed by atoms with Crippen molar-refractivity contribution in [3.63, 3.8) is 0 Å². The van der Waals surface area contributed by atoms with Gasteiger partial charge in [-0.1, -0.05) is 25.5 Å². The number of rotatable bonds is 8. The van der Waals surface area contributed by atoms with Crippen molar-refractivity contribution >= 4 is 0 Å². The molecule has 0 radical (unpaired) electrons. The molecule has 5 heteroatoms. The fourth-order valence-electron chi connectivity index (χ4n) is 9.69. The smallest absolute Gasteiger partial charge is 0.102 e. The molecule has 0 aromatic carbocycles. The maximum atomic E-state index is 7.09. The van der Waals surface area contributed by atoms with E-state index in [9.17, 15) is 0 Å². The summed E-state index contributed by atoms with van der Waals surface area (Å²) in [6.45, 7) is 10.8. The Hall–Kier alpha value is -1.14. The molecule has 1 aromatic heterocycles. The molecule has 0 bridgehead atoms. The number of hydrogen-bond donors (Lipinski definition) is 1. The molecule has 0 unspecified atom stereocenters. The van der Waals surface area contributed by atoms with Crippen LogP contribution in [0.3, 0.4) is 0 Å². The lowest BCUT2D eigenvalue weighted by atomic mass is 9.46. The minimum Gasteiger partial charge on any atom is -0.472 e. The fourth-order valence-corrected chi connectivity index (χ4v) is 9.69. The Morgan fingerprint density at radius 1 is 1.03 bits per heavy atom. The van der Waals surface area contributed by atoms with Gasteiger partial charge in [0.05, 0.1) is 31.8 Å². The van der Waals surface area contributed by atoms with Gasteiger partial charge in [-0.2, -0.15) is 0 Å². The molecular weight excluding hydrogens is 448 g/mol. The molecule has 36 heavy (non-hydrogen) atoms. The topological polar surface area (TPSA) is 60.9 Å². The molecule has 4 aliphatic carbocycles. The van der Waals surface area contributed by atoms with E-state index in [0.29, 0.717) is 18.6 Å². The van der Waals surface area contributed by atoms with E-state index in [1.54, 1.807) is 5.57 Å². The van der Waals surface area contributed by atoms with Crippen LogP contribution in [-0.2, 0) is 15.1 Å². The first-order valence-corrected chi connectivity index (χ1v) is 14.9. The monoisotopic (exact) mass is 496 g/mol. The molecule has 7 atom stereocenters. The third-order valence-electron chi connectivity index (χ3n) is 11.6. The maximum Gasteiger partial charge on any atom is 0.102 e. The molecule has 2 N–H and O–H groups in total. The number of hydrogen-bond acceptors (Lipinski definition) is 5. The third-order valence-corrected chi connectivity index (χ3v) is 11.6. The van der Waals surface area contributed by atoms with Crippen molar-refractivity contribution in [3.8, 4) is 0 Å². The third kappa shape index (κ3) is 3.95. The van der Waals surface area contributed by atoms with E-state index < -0.39 is 0 Å². The zero-order valence-electron chi connectivity index (χ0n) is 22.7. The Bertz CT molecular complexity index is 924. The predicted molar refractivity (Wildman–Crippen MR) is 143 cm³/mol. The lowest BCUT2D eigenvalue weighted by molar-refractivity contribution is -0.167. The Morgan fingerprint density at radius 2 is 1.86 bits per heavy atom. The van der Waals surface area contributed by atoms with Crippen molar-refractivity contribution in [1.29, 1.82) is 0 Å². The average Bonchev–Trinajstić information content (AvgIpc) is 3.64. The summed E-state index contributed by atoms with van der Waals surface area (Å²) in [6.07, 6.45) is 19.2. The summed E-state index contributed by atoms with van der Waals surface area (Å²) in [7, 11) is 0. The van der Waals surface area contributed by atoms with Crippen molar-refractivity contribution < 1.29 is 13.9 Å². The van der Waals surface area contributed by atoms with E-state index >= 15 is 0 Å². The number of fused-ring (bicyclic) bond motifs is 5. The molecule has 1 saturated heterocycles. The maximum absolute atomic E-state index is 7.09. The van der Waals surface area contributed by atoms with Crippen LogP contribution in [0.5, 0.6) is 0 Å². The Labute approximate surface area is 218 Å². The van der Waals surface area contributed by atoms with Gasteiger partial charge in [-0.15, -0.1) is 0 Å². The highest BCUT2D eigenvalue weighted by Crippen LogP contribution is 2.70. The second-order valence-electron chi connectivity index (χ2n) is 13.0. The molecule has 0 spiro atoms. The molecule has 5 nitrogen and oxygen atoms in total. The summed E-state index contributed by atoms with van der Waals surface area (Å²) in [5, 5.41) is 0. The number of nitrogens with zero attached hydrogens (tertiary/aromatic N) is 1. The van der Waals surface area contributed by atoms with Gasteiger partial charge in [-0.25, -0.2) is 0 Å². The molecule has 0 amide bonds. The highest BCUT2D eigenvalue weighted by Gasteiger charge is 2.65. The molecule has 3 saturated carbocycles. The van der Waals surface area contributed by atoms with E-state index in [1.165, 1.54) is 70.0 Å². The van der Waals surface area contributed by atoms with Crippen molar-refractivity contribution in [2.75, 3.05) is 39.4 Å². The highest BCUT2D eigenvalue weighted by molar-refractivity contribution is 5.30. The Balaban J connectivity index is 1.24. The average molecular weight is 497 g/mol. The van der Waals surface area contributed by atoms with Crippen LogP contribution in [0.1, 0.15) is 83.6 Å². The SMILES string of the molecule is C[C@]12CC[C@H](OCCN)C=C1CC[C@@H]1[C@@H]2CC[C@@]2(C)[C@H]1CC[C@@]2(OCCN1CCCC1)c1ccoc1. The summed E-state index contributed by atoms with van der Waals surface area (Å²) in [4.78, 5) is 2.58. The zero-order chi connectivity index (χ0) is 24.8. The Morgan fingerprint density at radius 3 is 2.64 bits per heavy atom. The summed E-state index contributed by atoms with van der Waals surface area (Å²) in [5.74, 6) is 2.31. The number of allylic oxidation sites excluding steroid dienone is 1. The van der Waals surface area contributed by atoms with E-state index in [0.717, 1.165) is 43.7 Å². The van der Waals surface area contributed by atoms with E-state index in [2.05, 4.69) is 30.9 Å². The first-order chi connectivity index (χ1) is 17.5. The van der Waals surface area contributed by atoms with Crippen LogP contribution in [0.4, 0.5) is 0 Å². The van der Waals surface area contributed by atoms with Gasteiger partial charge >= 0.3 is 0 Å². The summed E-state index contributed by atoms with van der Waals surface area (Å²) in [5.41, 5.74) is 8.97. The molecule has 200 valence electrons. The molecule has 1 aliphatic heterocycles. The molecule has 5 aliphatic rings. The van der Waals surface area contributed by atoms with Gasteiger partial charge in [0.1, 0.15) is 5.60 Å². The first-order valence-electron chi connectivity index (χ1n) is 14.9. The van der Waals surface area contributed by atoms with Crippen LogP contribution in [-0.4, -0.2) is 50.4 Å². The van der Waals surface area contributed by atoms with Gasteiger partial charge in [-0.05, 0) is 107 Å². The number of nitrogens with two attached hydrogens (primary N) is 1. The minimum absolute atomic E-state index is 0.169. The van der Waals surface area contributed by atoms with Crippen molar-refractivity contribution in [2.45, 2.75) is 89.8 Å². The van der Waals surface area contributed by atoms with E-state index in [4.69, 9.17) is 19.6 Å². The lowest BCUT2D eigenvalue weighted by Gasteiger charge is -2.60. The van der Waals surface area contributed by atoms with Crippen LogP contribution >= 0.6 is 0 Å². The van der Waals surface area contributed by atoms with Gasteiger partial charge < -0.3 is 24.5 Å². The molecule has 6 rings (SSSR count). The second kappa shape index (κ2) is 9.87. The number of furan rings is 1. The molecule has 2 heterocycles. The highest BCUT2D eigenvalue weighted by atomic mass is 16.5. The van der Waals surface area contributed by atoms with Crippen molar-refractivity contribution in [3.05, 3.63) is 35.8 Å². The van der Waals surface area contributed by atoms with E-state index in [1.807, 2.05) is 12.5 Å². The van der Waals surface area contributed by atoms with Gasteiger partial charge in [-0.3, -0.25) is 0 Å². The summed E-state index contributed by atoms with van der Waals surface area (Å²) < 4.78 is 18.8. The normalized spacial score (nSPS) is 42.6. The van der Waals surface area contributed by atoms with Crippen LogP contribution in [0.2, 0.25) is 0 Å².